The number of aliphatic carboxylic acids is 1. The number of para-hydroxylation sites is 1. The number of ketones is 1. The second-order valence-corrected chi connectivity index (χ2v) is 11.9. The van der Waals surface area contributed by atoms with Crippen LogP contribution in [0, 0.1) is 28.1 Å². The Labute approximate surface area is 204 Å². The molecule has 0 bridgehead atoms. The van der Waals surface area contributed by atoms with Crippen molar-refractivity contribution in [2.45, 2.75) is 63.8 Å². The van der Waals surface area contributed by atoms with Gasteiger partial charge >= 0.3 is 5.97 Å². The third-order valence-electron chi connectivity index (χ3n) is 10.8. The Morgan fingerprint density at radius 2 is 1.89 bits per heavy atom. The lowest BCUT2D eigenvalue weighted by molar-refractivity contribution is -0.256. The molecule has 0 amide bonds. The Balaban J connectivity index is 1.47. The molecule has 8 unspecified atom stereocenters. The van der Waals surface area contributed by atoms with E-state index in [2.05, 4.69) is 0 Å². The van der Waals surface area contributed by atoms with Gasteiger partial charge in [-0.2, -0.15) is 0 Å². The van der Waals surface area contributed by atoms with Crippen LogP contribution in [0.15, 0.2) is 54.1 Å². The lowest BCUT2D eigenvalue weighted by Crippen LogP contribution is -2.72. The average molecular weight is 482 g/mol. The van der Waals surface area contributed by atoms with Crippen molar-refractivity contribution in [2.75, 3.05) is 11.6 Å². The topological polar surface area (TPSA) is 87.1 Å². The van der Waals surface area contributed by atoms with Gasteiger partial charge in [0.1, 0.15) is 0 Å². The molecule has 1 aliphatic heterocycles. The van der Waals surface area contributed by atoms with E-state index in [-0.39, 0.29) is 18.1 Å². The normalized spacial score (nSPS) is 48.0. The van der Waals surface area contributed by atoms with Gasteiger partial charge in [0.2, 0.25) is 5.60 Å². The Bertz CT molecular complexity index is 1180. The predicted molar refractivity (Wildman–Crippen MR) is 127 cm³/mol. The van der Waals surface area contributed by atoms with Gasteiger partial charge in [0.05, 0.1) is 18.3 Å². The van der Waals surface area contributed by atoms with E-state index in [1.165, 1.54) is 12.2 Å². The number of carbonyl (C=O) groups is 2. The van der Waals surface area contributed by atoms with Crippen molar-refractivity contribution in [1.29, 1.82) is 0 Å². The summed E-state index contributed by atoms with van der Waals surface area (Å²) in [5, 5.41) is 23.9. The van der Waals surface area contributed by atoms with Gasteiger partial charge in [0, 0.05) is 22.7 Å². The number of carboxylic acids is 1. The van der Waals surface area contributed by atoms with E-state index in [1.54, 1.807) is 18.1 Å². The van der Waals surface area contributed by atoms with Crippen LogP contribution in [0.1, 0.15) is 46.5 Å². The number of benzene rings is 1. The highest BCUT2D eigenvalue weighted by Gasteiger charge is 2.83. The summed E-state index contributed by atoms with van der Waals surface area (Å²) in [5.74, 6) is -2.16. The third kappa shape index (κ3) is 2.41. The number of carbonyl (C=O) groups excluding carboxylic acids is 1. The van der Waals surface area contributed by atoms with E-state index in [1.807, 2.05) is 44.2 Å². The molecule has 0 spiro atoms. The zero-order chi connectivity index (χ0) is 25.0. The van der Waals surface area contributed by atoms with Gasteiger partial charge in [-0.3, -0.25) is 14.7 Å². The number of aliphatic hydroxyl groups excluding tert-OH is 1. The molecule has 1 heterocycles. The van der Waals surface area contributed by atoms with Gasteiger partial charge in [0.25, 0.3) is 0 Å². The van der Waals surface area contributed by atoms with Crippen LogP contribution < -0.4 is 5.06 Å². The van der Waals surface area contributed by atoms with Crippen molar-refractivity contribution < 1.29 is 29.0 Å². The van der Waals surface area contributed by atoms with Crippen molar-refractivity contribution in [1.82, 2.24) is 0 Å². The number of hydroxylamine groups is 1. The second-order valence-electron chi connectivity index (χ2n) is 11.9. The highest BCUT2D eigenvalue weighted by Crippen LogP contribution is 2.77. The van der Waals surface area contributed by atoms with E-state index >= 15 is 4.39 Å². The SMILES string of the molecule is CC12C=CC(=O)C=C1CCC1C3(C)CC4CN(c5ccccc5)OC4(C(=O)O)C3(C)CC(O)C12F. The number of rotatable bonds is 2. The number of halogens is 1. The maximum atomic E-state index is 17.5. The lowest BCUT2D eigenvalue weighted by atomic mass is 9.40. The van der Waals surface area contributed by atoms with Crippen molar-refractivity contribution in [2.24, 2.45) is 28.1 Å². The predicted octanol–water partition coefficient (Wildman–Crippen LogP) is 4.25. The molecule has 1 saturated heterocycles. The standard InChI is InChI=1S/C28H32FNO5/c1-24-12-11-20(31)13-17(24)9-10-21-25(2)14-18-16-30(19-7-5-4-6-8-19)35-28(18,23(33)34)26(25,3)15-22(32)27(21,24)29/h4-8,11-13,18,21-22,32H,9-10,14-16H2,1-3H3,(H,33,34). The third-order valence-corrected chi connectivity index (χ3v) is 10.8. The van der Waals surface area contributed by atoms with Gasteiger partial charge in [-0.1, -0.05) is 43.7 Å². The maximum Gasteiger partial charge on any atom is 0.339 e. The molecule has 1 aromatic rings. The van der Waals surface area contributed by atoms with Crippen LogP contribution >= 0.6 is 0 Å². The van der Waals surface area contributed by atoms with Crippen molar-refractivity contribution in [3.05, 3.63) is 54.1 Å². The van der Waals surface area contributed by atoms with Crippen LogP contribution in [-0.4, -0.2) is 45.9 Å². The molecule has 35 heavy (non-hydrogen) atoms. The molecule has 4 fully saturated rings. The molecule has 0 radical (unpaired) electrons. The van der Waals surface area contributed by atoms with Gasteiger partial charge in [-0.05, 0) is 62.3 Å². The summed E-state index contributed by atoms with van der Waals surface area (Å²) in [6, 6.07) is 9.41. The molecule has 4 aliphatic carbocycles. The molecule has 3 saturated carbocycles. The lowest BCUT2D eigenvalue weighted by Gasteiger charge is -2.66. The number of hydrogen-bond acceptors (Lipinski definition) is 5. The monoisotopic (exact) mass is 481 g/mol. The van der Waals surface area contributed by atoms with E-state index in [4.69, 9.17) is 4.84 Å². The van der Waals surface area contributed by atoms with Crippen LogP contribution in [0.25, 0.3) is 0 Å². The van der Waals surface area contributed by atoms with Crippen molar-refractivity contribution in [3.8, 4) is 0 Å². The summed E-state index contributed by atoms with van der Waals surface area (Å²) in [4.78, 5) is 31.5. The summed E-state index contributed by atoms with van der Waals surface area (Å²) in [6.07, 6.45) is 4.59. The zero-order valence-corrected chi connectivity index (χ0v) is 20.3. The number of fused-ring (bicyclic) bond motifs is 7. The Kier molecular flexibility index (Phi) is 4.47. The average Bonchev–Trinajstić information content (AvgIpc) is 3.28. The Hall–Kier alpha value is -2.51. The number of nitrogens with zero attached hydrogens (tertiary/aromatic N) is 1. The smallest absolute Gasteiger partial charge is 0.339 e. The first-order valence-corrected chi connectivity index (χ1v) is 12.5. The van der Waals surface area contributed by atoms with Gasteiger partial charge < -0.3 is 10.2 Å². The number of alkyl halides is 1. The second kappa shape index (κ2) is 6.83. The van der Waals surface area contributed by atoms with Gasteiger partial charge in [-0.25, -0.2) is 9.18 Å². The quantitative estimate of drug-likeness (QED) is 0.657. The highest BCUT2D eigenvalue weighted by atomic mass is 19.1. The van der Waals surface area contributed by atoms with E-state index in [0.29, 0.717) is 31.4 Å². The molecule has 7 heteroatoms. The first-order chi connectivity index (χ1) is 16.4. The number of anilines is 1. The summed E-state index contributed by atoms with van der Waals surface area (Å²) in [6.45, 7) is 6.05. The number of aliphatic hydroxyl groups is 1. The van der Waals surface area contributed by atoms with Crippen molar-refractivity contribution >= 4 is 17.4 Å². The van der Waals surface area contributed by atoms with Crippen LogP contribution in [-0.2, 0) is 14.4 Å². The highest BCUT2D eigenvalue weighted by molar-refractivity contribution is 6.01. The fraction of sp³-hybridized carbons (Fsp3) is 0.571. The Morgan fingerprint density at radius 1 is 1.17 bits per heavy atom. The molecule has 1 aromatic carbocycles. The minimum atomic E-state index is -2.01. The molecule has 186 valence electrons. The first kappa shape index (κ1) is 22.9. The number of allylic oxidation sites excluding steroid dienone is 4. The fourth-order valence-corrected chi connectivity index (χ4v) is 8.85. The molecule has 6 rings (SSSR count). The zero-order valence-electron chi connectivity index (χ0n) is 20.3. The molecular formula is C28H32FNO5. The van der Waals surface area contributed by atoms with Gasteiger partial charge in [-0.15, -0.1) is 0 Å². The maximum absolute atomic E-state index is 17.5. The summed E-state index contributed by atoms with van der Waals surface area (Å²) >= 11 is 0. The molecule has 0 aromatic heterocycles. The van der Waals surface area contributed by atoms with Gasteiger partial charge in [0.15, 0.2) is 11.5 Å². The minimum Gasteiger partial charge on any atom is -0.479 e. The fourth-order valence-electron chi connectivity index (χ4n) is 8.85. The summed E-state index contributed by atoms with van der Waals surface area (Å²) in [5.41, 5.74) is -4.94. The van der Waals surface area contributed by atoms with Crippen LogP contribution in [0.3, 0.4) is 0 Å². The van der Waals surface area contributed by atoms with E-state index in [0.717, 1.165) is 5.69 Å². The molecule has 5 aliphatic rings. The number of hydrogen-bond donors (Lipinski definition) is 2. The van der Waals surface area contributed by atoms with Crippen LogP contribution in [0.2, 0.25) is 0 Å². The van der Waals surface area contributed by atoms with E-state index in [9.17, 15) is 19.8 Å². The van der Waals surface area contributed by atoms with E-state index < -0.39 is 45.5 Å². The van der Waals surface area contributed by atoms with Crippen LogP contribution in [0.4, 0.5) is 10.1 Å². The van der Waals surface area contributed by atoms with Crippen LogP contribution in [0.5, 0.6) is 0 Å². The summed E-state index contributed by atoms with van der Waals surface area (Å²) < 4.78 is 17.5. The molecular weight excluding hydrogens is 449 g/mol. The minimum absolute atomic E-state index is 0.0351. The number of carboxylic acid groups (broad SMARTS) is 1. The molecule has 2 N–H and O–H groups in total. The largest absolute Gasteiger partial charge is 0.479 e. The molecule has 8 atom stereocenters. The Morgan fingerprint density at radius 3 is 2.57 bits per heavy atom. The molecule has 6 nitrogen and oxygen atoms in total. The summed E-state index contributed by atoms with van der Waals surface area (Å²) in [7, 11) is 0. The first-order valence-electron chi connectivity index (χ1n) is 12.5. The van der Waals surface area contributed by atoms with Crippen molar-refractivity contribution in [3.63, 3.8) is 0 Å².